The summed E-state index contributed by atoms with van der Waals surface area (Å²) in [6.45, 7) is 0. The Labute approximate surface area is 122 Å². The van der Waals surface area contributed by atoms with Gasteiger partial charge in [-0.2, -0.15) is 0 Å². The first-order valence-corrected chi connectivity index (χ1v) is 7.54. The van der Waals surface area contributed by atoms with E-state index in [1.807, 2.05) is 4.72 Å². The van der Waals surface area contributed by atoms with Crippen LogP contribution >= 0.6 is 15.9 Å². The van der Waals surface area contributed by atoms with Crippen LogP contribution in [-0.2, 0) is 10.0 Å². The quantitative estimate of drug-likeness (QED) is 0.822. The van der Waals surface area contributed by atoms with E-state index in [9.17, 15) is 22.3 Å². The van der Waals surface area contributed by atoms with E-state index in [1.54, 1.807) is 0 Å². The molecule has 0 amide bonds. The summed E-state index contributed by atoms with van der Waals surface area (Å²) in [7, 11) is -4.27. The average Bonchev–Trinajstić information content (AvgIpc) is 2.34. The second-order valence-corrected chi connectivity index (χ2v) is 6.32. The number of sulfonamides is 1. The zero-order chi connectivity index (χ0) is 14.9. The van der Waals surface area contributed by atoms with Crippen LogP contribution in [-0.4, -0.2) is 13.5 Å². The number of benzene rings is 2. The predicted molar refractivity (Wildman–Crippen MR) is 73.0 cm³/mol. The normalized spacial score (nSPS) is 11.3. The Bertz CT molecular complexity index is 765. The van der Waals surface area contributed by atoms with Gasteiger partial charge >= 0.3 is 0 Å². The number of hydrogen-bond acceptors (Lipinski definition) is 3. The van der Waals surface area contributed by atoms with Crippen molar-refractivity contribution in [3.8, 4) is 5.75 Å². The van der Waals surface area contributed by atoms with Gasteiger partial charge in [-0.15, -0.1) is 0 Å². The zero-order valence-corrected chi connectivity index (χ0v) is 12.2. The number of hydrogen-bond donors (Lipinski definition) is 2. The van der Waals surface area contributed by atoms with Crippen LogP contribution in [0.15, 0.2) is 45.8 Å². The minimum absolute atomic E-state index is 0.122. The van der Waals surface area contributed by atoms with Gasteiger partial charge in [-0.1, -0.05) is 6.07 Å². The highest BCUT2D eigenvalue weighted by Crippen LogP contribution is 2.33. The Hall–Kier alpha value is -1.67. The standard InChI is InChI=1S/C12H8BrF2NO3S/c13-8-2-1-3-10(12(8)17)16-20(18,19)11-5-4-7(14)6-9(11)15/h1-6,16-17H. The lowest BCUT2D eigenvalue weighted by molar-refractivity contribution is 0.474. The van der Waals surface area contributed by atoms with Crippen molar-refractivity contribution in [2.45, 2.75) is 4.90 Å². The van der Waals surface area contributed by atoms with E-state index < -0.39 is 26.6 Å². The van der Waals surface area contributed by atoms with E-state index in [4.69, 9.17) is 0 Å². The molecule has 2 rings (SSSR count). The molecule has 2 N–H and O–H groups in total. The van der Waals surface area contributed by atoms with Gasteiger partial charge in [0.05, 0.1) is 10.2 Å². The van der Waals surface area contributed by atoms with E-state index in [-0.39, 0.29) is 15.9 Å². The molecule has 0 aromatic heterocycles. The van der Waals surface area contributed by atoms with Crippen LogP contribution in [0, 0.1) is 11.6 Å². The number of para-hydroxylation sites is 1. The Balaban J connectivity index is 2.44. The molecule has 0 saturated carbocycles. The fourth-order valence-electron chi connectivity index (χ4n) is 1.49. The minimum Gasteiger partial charge on any atom is -0.505 e. The number of anilines is 1. The summed E-state index contributed by atoms with van der Waals surface area (Å²) in [5.41, 5.74) is -0.122. The second kappa shape index (κ2) is 5.37. The molecule has 0 radical (unpaired) electrons. The zero-order valence-electron chi connectivity index (χ0n) is 9.77. The number of phenols is 1. The van der Waals surface area contributed by atoms with E-state index in [0.717, 1.165) is 12.1 Å². The first-order valence-electron chi connectivity index (χ1n) is 5.26. The summed E-state index contributed by atoms with van der Waals surface area (Å²) in [4.78, 5) is -0.710. The van der Waals surface area contributed by atoms with Gasteiger partial charge in [0.1, 0.15) is 16.5 Å². The molecule has 8 heteroatoms. The lowest BCUT2D eigenvalue weighted by Crippen LogP contribution is -2.14. The monoisotopic (exact) mass is 363 g/mol. The Morgan fingerprint density at radius 3 is 2.50 bits per heavy atom. The Morgan fingerprint density at radius 2 is 1.85 bits per heavy atom. The predicted octanol–water partition coefficient (Wildman–Crippen LogP) is 3.23. The molecular formula is C12H8BrF2NO3S. The third kappa shape index (κ3) is 2.91. The van der Waals surface area contributed by atoms with Crippen LogP contribution < -0.4 is 4.72 Å². The fourth-order valence-corrected chi connectivity index (χ4v) is 2.98. The maximum Gasteiger partial charge on any atom is 0.264 e. The molecule has 2 aromatic carbocycles. The van der Waals surface area contributed by atoms with Gasteiger partial charge in [-0.25, -0.2) is 17.2 Å². The van der Waals surface area contributed by atoms with Crippen LogP contribution in [0.2, 0.25) is 0 Å². The third-order valence-electron chi connectivity index (χ3n) is 2.41. The molecule has 4 nitrogen and oxygen atoms in total. The Morgan fingerprint density at radius 1 is 1.15 bits per heavy atom. The molecular weight excluding hydrogens is 356 g/mol. The van der Waals surface area contributed by atoms with E-state index in [0.29, 0.717) is 6.07 Å². The minimum atomic E-state index is -4.27. The van der Waals surface area contributed by atoms with E-state index in [2.05, 4.69) is 15.9 Å². The van der Waals surface area contributed by atoms with Crippen LogP contribution in [0.5, 0.6) is 5.75 Å². The Kier molecular flexibility index (Phi) is 3.96. The smallest absolute Gasteiger partial charge is 0.264 e. The van der Waals surface area contributed by atoms with Gasteiger partial charge in [0, 0.05) is 6.07 Å². The lowest BCUT2D eigenvalue weighted by Gasteiger charge is -2.11. The van der Waals surface area contributed by atoms with Crippen molar-refractivity contribution in [1.82, 2.24) is 0 Å². The van der Waals surface area contributed by atoms with Crippen LogP contribution in [0.1, 0.15) is 0 Å². The number of nitrogens with one attached hydrogen (secondary N) is 1. The third-order valence-corrected chi connectivity index (χ3v) is 4.45. The summed E-state index contributed by atoms with van der Waals surface area (Å²) in [5.74, 6) is -2.43. The molecule has 0 aliphatic rings. The molecule has 0 bridgehead atoms. The molecule has 2 aromatic rings. The SMILES string of the molecule is O=S(=O)(Nc1cccc(Br)c1O)c1ccc(F)cc1F. The van der Waals surface area contributed by atoms with Crippen molar-refractivity contribution >= 4 is 31.6 Å². The van der Waals surface area contributed by atoms with Gasteiger partial charge in [0.2, 0.25) is 0 Å². The molecule has 0 atom stereocenters. The van der Waals surface area contributed by atoms with Gasteiger partial charge in [0.15, 0.2) is 5.75 Å². The maximum absolute atomic E-state index is 13.5. The van der Waals surface area contributed by atoms with Crippen molar-refractivity contribution in [1.29, 1.82) is 0 Å². The number of phenolic OH excluding ortho intramolecular Hbond substituents is 1. The van der Waals surface area contributed by atoms with Gasteiger partial charge in [0.25, 0.3) is 10.0 Å². The summed E-state index contributed by atoms with van der Waals surface area (Å²) in [6.07, 6.45) is 0. The fraction of sp³-hybridized carbons (Fsp3) is 0. The number of aromatic hydroxyl groups is 1. The largest absolute Gasteiger partial charge is 0.505 e. The molecule has 0 fully saturated rings. The summed E-state index contributed by atoms with van der Waals surface area (Å²) in [6, 6.07) is 6.41. The second-order valence-electron chi connectivity index (χ2n) is 3.82. The molecule has 0 heterocycles. The molecule has 0 saturated heterocycles. The number of rotatable bonds is 3. The highest BCUT2D eigenvalue weighted by atomic mass is 79.9. The summed E-state index contributed by atoms with van der Waals surface area (Å²) >= 11 is 3.03. The van der Waals surface area contributed by atoms with Crippen molar-refractivity contribution in [2.24, 2.45) is 0 Å². The highest BCUT2D eigenvalue weighted by molar-refractivity contribution is 9.10. The van der Waals surface area contributed by atoms with Gasteiger partial charge in [-0.3, -0.25) is 4.72 Å². The van der Waals surface area contributed by atoms with Crippen molar-refractivity contribution in [3.05, 3.63) is 52.5 Å². The molecule has 20 heavy (non-hydrogen) atoms. The molecule has 106 valence electrons. The van der Waals surface area contributed by atoms with E-state index >= 15 is 0 Å². The van der Waals surface area contributed by atoms with Crippen LogP contribution in [0.3, 0.4) is 0 Å². The van der Waals surface area contributed by atoms with Gasteiger partial charge in [-0.05, 0) is 40.2 Å². The molecule has 0 aliphatic carbocycles. The molecule has 0 aliphatic heterocycles. The first-order chi connectivity index (χ1) is 9.31. The molecule has 0 spiro atoms. The van der Waals surface area contributed by atoms with Crippen molar-refractivity contribution in [2.75, 3.05) is 4.72 Å². The van der Waals surface area contributed by atoms with Crippen molar-refractivity contribution < 1.29 is 22.3 Å². The summed E-state index contributed by atoms with van der Waals surface area (Å²) < 4.78 is 52.6. The number of halogens is 3. The topological polar surface area (TPSA) is 66.4 Å². The first kappa shape index (κ1) is 14.7. The average molecular weight is 364 g/mol. The molecule has 0 unspecified atom stereocenters. The van der Waals surface area contributed by atoms with Gasteiger partial charge < -0.3 is 5.11 Å². The maximum atomic E-state index is 13.5. The van der Waals surface area contributed by atoms with E-state index in [1.165, 1.54) is 18.2 Å². The summed E-state index contributed by atoms with van der Waals surface area (Å²) in [5, 5.41) is 9.69. The van der Waals surface area contributed by atoms with Crippen molar-refractivity contribution in [3.63, 3.8) is 0 Å². The lowest BCUT2D eigenvalue weighted by atomic mass is 10.3. The van der Waals surface area contributed by atoms with Crippen LogP contribution in [0.25, 0.3) is 0 Å². The highest BCUT2D eigenvalue weighted by Gasteiger charge is 2.21. The van der Waals surface area contributed by atoms with Crippen LogP contribution in [0.4, 0.5) is 14.5 Å².